The molecule has 0 spiro atoms. The Kier molecular flexibility index (Phi) is 5.63. The summed E-state index contributed by atoms with van der Waals surface area (Å²) in [5.74, 6) is 1.00. The molecule has 22 heavy (non-hydrogen) atoms. The zero-order chi connectivity index (χ0) is 16.3. The minimum absolute atomic E-state index is 0.0757. The van der Waals surface area contributed by atoms with Crippen molar-refractivity contribution in [3.8, 4) is 0 Å². The van der Waals surface area contributed by atoms with E-state index in [0.717, 1.165) is 31.5 Å². The van der Waals surface area contributed by atoms with E-state index in [9.17, 15) is 4.79 Å². The van der Waals surface area contributed by atoms with Crippen LogP contribution in [-0.2, 0) is 0 Å². The maximum atomic E-state index is 12.5. The smallest absolute Gasteiger partial charge is 0.251 e. The third kappa shape index (κ3) is 4.10. The maximum Gasteiger partial charge on any atom is 0.251 e. The molecular weight excluding hydrogens is 272 g/mol. The first-order valence-electron chi connectivity index (χ1n) is 8.51. The van der Waals surface area contributed by atoms with Gasteiger partial charge in [0.15, 0.2) is 0 Å². The van der Waals surface area contributed by atoms with Crippen LogP contribution in [0.5, 0.6) is 0 Å². The quantitative estimate of drug-likeness (QED) is 0.918. The molecular formula is C19H30N2O. The Bertz CT molecular complexity index is 514. The predicted molar refractivity (Wildman–Crippen MR) is 92.6 cm³/mol. The van der Waals surface area contributed by atoms with Crippen molar-refractivity contribution in [2.45, 2.75) is 58.4 Å². The fraction of sp³-hybridized carbons (Fsp3) is 0.632. The topological polar surface area (TPSA) is 32.3 Å². The number of benzene rings is 1. The largest absolute Gasteiger partial charge is 0.349 e. The molecule has 0 atom stereocenters. The van der Waals surface area contributed by atoms with E-state index < -0.39 is 0 Å². The first-order chi connectivity index (χ1) is 10.4. The maximum absolute atomic E-state index is 12.5. The molecule has 2 rings (SSSR count). The Balaban J connectivity index is 2.11. The summed E-state index contributed by atoms with van der Waals surface area (Å²) >= 11 is 0. The number of nitrogens with one attached hydrogen (secondary N) is 1. The highest BCUT2D eigenvalue weighted by molar-refractivity contribution is 5.94. The standard InChI is InChI=1S/C19H30N2O/c1-13(2)17-7-6-15(12-18(17)14(3)4)19(22)20-16-8-10-21(5)11-9-16/h6-7,12-14,16H,8-11H2,1-5H3,(H,20,22). The fourth-order valence-electron chi connectivity index (χ4n) is 3.16. The number of rotatable bonds is 4. The van der Waals surface area contributed by atoms with Gasteiger partial charge in [-0.3, -0.25) is 4.79 Å². The van der Waals surface area contributed by atoms with Crippen molar-refractivity contribution in [2.24, 2.45) is 0 Å². The Hall–Kier alpha value is -1.35. The zero-order valence-electron chi connectivity index (χ0n) is 14.6. The van der Waals surface area contributed by atoms with Crippen LogP contribution in [0.1, 0.15) is 73.9 Å². The number of nitrogens with zero attached hydrogens (tertiary/aromatic N) is 1. The molecule has 1 aliphatic rings. The van der Waals surface area contributed by atoms with Crippen molar-refractivity contribution >= 4 is 5.91 Å². The number of hydrogen-bond acceptors (Lipinski definition) is 2. The average molecular weight is 302 g/mol. The van der Waals surface area contributed by atoms with E-state index in [4.69, 9.17) is 0 Å². The molecule has 0 aliphatic carbocycles. The molecule has 3 heteroatoms. The zero-order valence-corrected chi connectivity index (χ0v) is 14.6. The summed E-state index contributed by atoms with van der Waals surface area (Å²) in [5, 5.41) is 3.20. The predicted octanol–water partition coefficient (Wildman–Crippen LogP) is 3.76. The summed E-state index contributed by atoms with van der Waals surface area (Å²) in [6, 6.07) is 6.51. The van der Waals surface area contributed by atoms with Gasteiger partial charge in [0.05, 0.1) is 0 Å². The van der Waals surface area contributed by atoms with E-state index in [2.05, 4.69) is 57.1 Å². The summed E-state index contributed by atoms with van der Waals surface area (Å²) in [6.07, 6.45) is 2.09. The van der Waals surface area contributed by atoms with Crippen LogP contribution in [-0.4, -0.2) is 37.0 Å². The Morgan fingerprint density at radius 1 is 1.09 bits per heavy atom. The van der Waals surface area contributed by atoms with Crippen molar-refractivity contribution < 1.29 is 4.79 Å². The molecule has 1 N–H and O–H groups in total. The summed E-state index contributed by atoms with van der Waals surface area (Å²) in [6.45, 7) is 10.9. The molecule has 0 unspecified atom stereocenters. The van der Waals surface area contributed by atoms with Gasteiger partial charge < -0.3 is 10.2 Å². The second kappa shape index (κ2) is 7.28. The molecule has 0 saturated carbocycles. The molecule has 1 fully saturated rings. The van der Waals surface area contributed by atoms with Gasteiger partial charge in [0.2, 0.25) is 0 Å². The molecule has 1 heterocycles. The van der Waals surface area contributed by atoms with Crippen molar-refractivity contribution in [3.63, 3.8) is 0 Å². The van der Waals surface area contributed by atoms with Crippen LogP contribution < -0.4 is 5.32 Å². The van der Waals surface area contributed by atoms with E-state index >= 15 is 0 Å². The first kappa shape index (κ1) is 17.0. The molecule has 1 amide bonds. The average Bonchev–Trinajstić information content (AvgIpc) is 2.48. The third-order valence-corrected chi connectivity index (χ3v) is 4.65. The van der Waals surface area contributed by atoms with Gasteiger partial charge in [-0.05, 0) is 68.1 Å². The van der Waals surface area contributed by atoms with Crippen LogP contribution in [0.25, 0.3) is 0 Å². The lowest BCUT2D eigenvalue weighted by molar-refractivity contribution is 0.0916. The highest BCUT2D eigenvalue weighted by Gasteiger charge is 2.20. The van der Waals surface area contributed by atoms with Crippen molar-refractivity contribution in [1.29, 1.82) is 0 Å². The SMILES string of the molecule is CC(C)c1ccc(C(=O)NC2CCN(C)CC2)cc1C(C)C. The highest BCUT2D eigenvalue weighted by atomic mass is 16.1. The second-order valence-corrected chi connectivity index (χ2v) is 7.20. The molecule has 3 nitrogen and oxygen atoms in total. The molecule has 122 valence electrons. The molecule has 1 saturated heterocycles. The van der Waals surface area contributed by atoms with Crippen LogP contribution in [0.3, 0.4) is 0 Å². The summed E-state index contributed by atoms with van der Waals surface area (Å²) in [5.41, 5.74) is 3.45. The lowest BCUT2D eigenvalue weighted by Crippen LogP contribution is -2.43. The van der Waals surface area contributed by atoms with Crippen LogP contribution in [0.2, 0.25) is 0 Å². The van der Waals surface area contributed by atoms with Gasteiger partial charge in [-0.1, -0.05) is 33.8 Å². The Morgan fingerprint density at radius 2 is 1.68 bits per heavy atom. The van der Waals surface area contributed by atoms with E-state index in [0.29, 0.717) is 17.9 Å². The van der Waals surface area contributed by atoms with Crippen LogP contribution in [0.15, 0.2) is 18.2 Å². The molecule has 1 aromatic carbocycles. The van der Waals surface area contributed by atoms with Crippen molar-refractivity contribution in [3.05, 3.63) is 34.9 Å². The van der Waals surface area contributed by atoms with Crippen LogP contribution in [0, 0.1) is 0 Å². The minimum atomic E-state index is 0.0757. The monoisotopic (exact) mass is 302 g/mol. The van der Waals surface area contributed by atoms with Gasteiger partial charge in [0.25, 0.3) is 5.91 Å². The molecule has 0 bridgehead atoms. The van der Waals surface area contributed by atoms with Crippen LogP contribution in [0.4, 0.5) is 0 Å². The van der Waals surface area contributed by atoms with E-state index in [-0.39, 0.29) is 5.91 Å². The van der Waals surface area contributed by atoms with Gasteiger partial charge in [-0.15, -0.1) is 0 Å². The minimum Gasteiger partial charge on any atom is -0.349 e. The molecule has 0 aromatic heterocycles. The third-order valence-electron chi connectivity index (χ3n) is 4.65. The number of hydrogen-bond donors (Lipinski definition) is 1. The molecule has 1 aliphatic heterocycles. The van der Waals surface area contributed by atoms with E-state index in [1.807, 2.05) is 6.07 Å². The number of likely N-dealkylation sites (tertiary alicyclic amines) is 1. The lowest BCUT2D eigenvalue weighted by atomic mass is 9.89. The van der Waals surface area contributed by atoms with Gasteiger partial charge in [-0.2, -0.15) is 0 Å². The van der Waals surface area contributed by atoms with Crippen LogP contribution >= 0.6 is 0 Å². The molecule has 1 aromatic rings. The van der Waals surface area contributed by atoms with Crippen molar-refractivity contribution in [1.82, 2.24) is 10.2 Å². The van der Waals surface area contributed by atoms with Gasteiger partial charge in [0.1, 0.15) is 0 Å². The van der Waals surface area contributed by atoms with Gasteiger partial charge in [-0.25, -0.2) is 0 Å². The molecule has 0 radical (unpaired) electrons. The normalized spacial score (nSPS) is 17.2. The Morgan fingerprint density at radius 3 is 2.23 bits per heavy atom. The summed E-state index contributed by atoms with van der Waals surface area (Å²) in [7, 11) is 2.14. The van der Waals surface area contributed by atoms with Gasteiger partial charge >= 0.3 is 0 Å². The fourth-order valence-corrected chi connectivity index (χ4v) is 3.16. The number of carbonyl (C=O) groups is 1. The lowest BCUT2D eigenvalue weighted by Gasteiger charge is -2.29. The number of piperidine rings is 1. The second-order valence-electron chi connectivity index (χ2n) is 7.20. The van der Waals surface area contributed by atoms with E-state index in [1.165, 1.54) is 11.1 Å². The highest BCUT2D eigenvalue weighted by Crippen LogP contribution is 2.27. The summed E-state index contributed by atoms with van der Waals surface area (Å²) in [4.78, 5) is 14.8. The number of amides is 1. The van der Waals surface area contributed by atoms with E-state index in [1.54, 1.807) is 0 Å². The summed E-state index contributed by atoms with van der Waals surface area (Å²) < 4.78 is 0. The first-order valence-corrected chi connectivity index (χ1v) is 8.51. The number of carbonyl (C=O) groups excluding carboxylic acids is 1. The van der Waals surface area contributed by atoms with Gasteiger partial charge in [0, 0.05) is 11.6 Å². The Labute approximate surface area is 135 Å². The van der Waals surface area contributed by atoms with Crippen molar-refractivity contribution in [2.75, 3.05) is 20.1 Å².